The van der Waals surface area contributed by atoms with Crippen LogP contribution >= 0.6 is 0 Å². The molecule has 2 rings (SSSR count). The van der Waals surface area contributed by atoms with Crippen LogP contribution in [0.1, 0.15) is 23.6 Å². The van der Waals surface area contributed by atoms with E-state index in [9.17, 15) is 8.78 Å². The Morgan fingerprint density at radius 1 is 1.41 bits per heavy atom. The molecule has 17 heavy (non-hydrogen) atoms. The van der Waals surface area contributed by atoms with Gasteiger partial charge in [0.2, 0.25) is 0 Å². The highest BCUT2D eigenvalue weighted by molar-refractivity contribution is 5.47. The van der Waals surface area contributed by atoms with Crippen LogP contribution in [0.2, 0.25) is 0 Å². The maximum atomic E-state index is 12.7. The molecule has 0 aliphatic rings. The minimum Gasteiger partial charge on any atom is -0.449 e. The smallest absolute Gasteiger partial charge is 0.280 e. The van der Waals surface area contributed by atoms with Gasteiger partial charge in [0.1, 0.15) is 17.7 Å². The first-order valence-corrected chi connectivity index (χ1v) is 4.79. The van der Waals surface area contributed by atoms with Crippen LogP contribution in [0.5, 0.6) is 0 Å². The fourth-order valence-electron chi connectivity index (χ4n) is 1.32. The number of aromatic nitrogens is 3. The minimum absolute atomic E-state index is 0.00367. The summed E-state index contributed by atoms with van der Waals surface area (Å²) in [5.74, 6) is 0.447. The van der Waals surface area contributed by atoms with Gasteiger partial charge in [0.15, 0.2) is 11.7 Å². The van der Waals surface area contributed by atoms with Gasteiger partial charge < -0.3 is 9.52 Å². The Morgan fingerprint density at radius 2 is 2.18 bits per heavy atom. The lowest BCUT2D eigenvalue weighted by Gasteiger charge is -2.05. The average Bonchev–Trinajstić information content (AvgIpc) is 2.75. The van der Waals surface area contributed by atoms with E-state index in [0.29, 0.717) is 5.89 Å². The number of rotatable bonds is 3. The third-order valence-corrected chi connectivity index (χ3v) is 2.12. The van der Waals surface area contributed by atoms with E-state index >= 15 is 0 Å². The fraction of sp³-hybridized carbons (Fsp3) is 0.300. The molecule has 0 aliphatic carbocycles. The molecule has 7 heteroatoms. The molecule has 0 radical (unpaired) electrons. The van der Waals surface area contributed by atoms with Gasteiger partial charge >= 0.3 is 0 Å². The Morgan fingerprint density at radius 3 is 2.71 bits per heavy atom. The van der Waals surface area contributed by atoms with Crippen molar-refractivity contribution in [2.75, 3.05) is 0 Å². The van der Waals surface area contributed by atoms with Crippen molar-refractivity contribution in [1.82, 2.24) is 15.0 Å². The van der Waals surface area contributed by atoms with Crippen molar-refractivity contribution < 1.29 is 18.3 Å². The zero-order valence-electron chi connectivity index (χ0n) is 8.89. The Bertz CT molecular complexity index is 528. The minimum atomic E-state index is -2.77. The molecule has 0 unspecified atom stereocenters. The van der Waals surface area contributed by atoms with E-state index in [1.165, 1.54) is 6.26 Å². The highest BCUT2D eigenvalue weighted by Crippen LogP contribution is 2.23. The molecule has 5 nitrogen and oxygen atoms in total. The summed E-state index contributed by atoms with van der Waals surface area (Å²) >= 11 is 0. The van der Waals surface area contributed by atoms with Crippen molar-refractivity contribution in [2.24, 2.45) is 0 Å². The summed E-state index contributed by atoms with van der Waals surface area (Å²) in [4.78, 5) is 11.5. The van der Waals surface area contributed by atoms with Gasteiger partial charge in [-0.25, -0.2) is 23.7 Å². The third-order valence-electron chi connectivity index (χ3n) is 2.12. The van der Waals surface area contributed by atoms with Crippen LogP contribution in [-0.4, -0.2) is 20.1 Å². The van der Waals surface area contributed by atoms with Crippen LogP contribution in [0, 0.1) is 6.92 Å². The van der Waals surface area contributed by atoms with Crippen LogP contribution in [0.25, 0.3) is 11.5 Å². The summed E-state index contributed by atoms with van der Waals surface area (Å²) in [6, 6.07) is 0. The monoisotopic (exact) mass is 241 g/mol. The molecule has 0 atom stereocenters. The van der Waals surface area contributed by atoms with Gasteiger partial charge in [-0.05, 0) is 0 Å². The average molecular weight is 241 g/mol. The van der Waals surface area contributed by atoms with Crippen molar-refractivity contribution in [3.05, 3.63) is 29.6 Å². The van der Waals surface area contributed by atoms with E-state index < -0.39 is 18.7 Å². The molecular weight excluding hydrogens is 232 g/mol. The predicted octanol–water partition coefficient (Wildman–Crippen LogP) is 1.87. The van der Waals surface area contributed by atoms with Gasteiger partial charge in [0.05, 0.1) is 6.61 Å². The van der Waals surface area contributed by atoms with Crippen molar-refractivity contribution in [2.45, 2.75) is 20.0 Å². The standard InChI is InChI=1S/C10H9F2N3O2/c1-5-14-7(4-17-5)10-13-2-6(3-16)8(15-10)9(11)12/h2,4,9,16H,3H2,1H3. The lowest BCUT2D eigenvalue weighted by molar-refractivity contribution is 0.141. The number of aliphatic hydroxyl groups excluding tert-OH is 1. The molecule has 0 saturated heterocycles. The van der Waals surface area contributed by atoms with E-state index in [4.69, 9.17) is 9.52 Å². The predicted molar refractivity (Wildman–Crippen MR) is 53.1 cm³/mol. The largest absolute Gasteiger partial charge is 0.449 e. The lowest BCUT2D eigenvalue weighted by Crippen LogP contribution is -2.02. The first kappa shape index (κ1) is 11.6. The number of nitrogens with zero attached hydrogens (tertiary/aromatic N) is 3. The molecule has 0 spiro atoms. The van der Waals surface area contributed by atoms with E-state index in [2.05, 4.69) is 15.0 Å². The molecular formula is C10H9F2N3O2. The number of aliphatic hydroxyl groups is 1. The Hall–Kier alpha value is -1.89. The first-order valence-electron chi connectivity index (χ1n) is 4.79. The quantitative estimate of drug-likeness (QED) is 0.888. The molecule has 0 fully saturated rings. The summed E-state index contributed by atoms with van der Waals surface area (Å²) in [6.45, 7) is 1.09. The molecule has 0 saturated carbocycles. The molecule has 90 valence electrons. The van der Waals surface area contributed by atoms with Crippen molar-refractivity contribution >= 4 is 0 Å². The number of alkyl halides is 2. The second-order valence-corrected chi connectivity index (χ2v) is 3.31. The van der Waals surface area contributed by atoms with Crippen molar-refractivity contribution in [3.63, 3.8) is 0 Å². The number of hydrogen-bond donors (Lipinski definition) is 1. The van der Waals surface area contributed by atoms with Crippen LogP contribution in [0.4, 0.5) is 8.78 Å². The van der Waals surface area contributed by atoms with Gasteiger partial charge in [0, 0.05) is 18.7 Å². The van der Waals surface area contributed by atoms with E-state index in [1.807, 2.05) is 0 Å². The van der Waals surface area contributed by atoms with Crippen LogP contribution in [-0.2, 0) is 6.61 Å². The Balaban J connectivity index is 2.47. The highest BCUT2D eigenvalue weighted by atomic mass is 19.3. The van der Waals surface area contributed by atoms with Gasteiger partial charge in [-0.2, -0.15) is 0 Å². The Kier molecular flexibility index (Phi) is 3.10. The second-order valence-electron chi connectivity index (χ2n) is 3.31. The molecule has 1 N–H and O–H groups in total. The molecule has 0 bridgehead atoms. The SMILES string of the molecule is Cc1nc(-c2ncc(CO)c(C(F)F)n2)co1. The van der Waals surface area contributed by atoms with Crippen LogP contribution < -0.4 is 0 Å². The summed E-state index contributed by atoms with van der Waals surface area (Å²) in [5.41, 5.74) is -0.198. The second kappa shape index (κ2) is 4.54. The van der Waals surface area contributed by atoms with Gasteiger partial charge in [-0.3, -0.25) is 0 Å². The summed E-state index contributed by atoms with van der Waals surface area (Å²) < 4.78 is 30.3. The van der Waals surface area contributed by atoms with Crippen molar-refractivity contribution in [1.29, 1.82) is 0 Å². The number of oxazole rings is 1. The molecule has 2 heterocycles. The molecule has 2 aromatic heterocycles. The maximum absolute atomic E-state index is 12.7. The van der Waals surface area contributed by atoms with E-state index in [-0.39, 0.29) is 17.1 Å². The van der Waals surface area contributed by atoms with E-state index in [1.54, 1.807) is 6.92 Å². The fourth-order valence-corrected chi connectivity index (χ4v) is 1.32. The topological polar surface area (TPSA) is 72.0 Å². The number of aryl methyl sites for hydroxylation is 1. The summed E-state index contributed by atoms with van der Waals surface area (Å²) in [7, 11) is 0. The molecule has 0 aromatic carbocycles. The zero-order valence-corrected chi connectivity index (χ0v) is 8.89. The lowest BCUT2D eigenvalue weighted by atomic mass is 10.2. The first-order chi connectivity index (χ1) is 8.11. The number of hydrogen-bond acceptors (Lipinski definition) is 5. The van der Waals surface area contributed by atoms with E-state index in [0.717, 1.165) is 6.20 Å². The van der Waals surface area contributed by atoms with Gasteiger partial charge in [-0.1, -0.05) is 0 Å². The summed E-state index contributed by atoms with van der Waals surface area (Å²) in [6.07, 6.45) is -0.321. The summed E-state index contributed by atoms with van der Waals surface area (Å²) in [5, 5.41) is 8.89. The maximum Gasteiger partial charge on any atom is 0.280 e. The molecule has 0 aliphatic heterocycles. The zero-order chi connectivity index (χ0) is 12.4. The highest BCUT2D eigenvalue weighted by Gasteiger charge is 2.17. The Labute approximate surface area is 95.2 Å². The third kappa shape index (κ3) is 2.28. The van der Waals surface area contributed by atoms with Gasteiger partial charge in [0.25, 0.3) is 6.43 Å². The molecule has 0 amide bonds. The normalized spacial score (nSPS) is 11.1. The van der Waals surface area contributed by atoms with Gasteiger partial charge in [-0.15, -0.1) is 0 Å². The van der Waals surface area contributed by atoms with Crippen molar-refractivity contribution in [3.8, 4) is 11.5 Å². The number of halogens is 2. The van der Waals surface area contributed by atoms with Crippen LogP contribution in [0.15, 0.2) is 16.9 Å². The molecule has 2 aromatic rings. The van der Waals surface area contributed by atoms with Crippen LogP contribution in [0.3, 0.4) is 0 Å².